The lowest BCUT2D eigenvalue weighted by Gasteiger charge is -2.52. The molecule has 7 nitrogen and oxygen atoms in total. The molecule has 10 heteroatoms. The first-order chi connectivity index (χ1) is 15.6. The second-order valence-electron chi connectivity index (χ2n) is 8.24. The summed E-state index contributed by atoms with van der Waals surface area (Å²) in [6.07, 6.45) is -4.80. The number of rotatable bonds is 7. The molecule has 1 unspecified atom stereocenters. The third kappa shape index (κ3) is 4.28. The normalized spacial score (nSPS) is 17.2. The first kappa shape index (κ1) is 23.1. The average Bonchev–Trinajstić information content (AvgIpc) is 3.17. The van der Waals surface area contributed by atoms with E-state index in [4.69, 9.17) is 9.26 Å². The van der Waals surface area contributed by atoms with E-state index >= 15 is 0 Å². The van der Waals surface area contributed by atoms with Crippen molar-refractivity contribution in [1.29, 1.82) is 0 Å². The van der Waals surface area contributed by atoms with Gasteiger partial charge in [-0.2, -0.15) is 4.98 Å². The quantitative estimate of drug-likeness (QED) is 0.543. The van der Waals surface area contributed by atoms with E-state index in [0.717, 1.165) is 0 Å². The van der Waals surface area contributed by atoms with E-state index in [9.17, 15) is 18.3 Å². The number of benzene rings is 2. The number of aryl methyl sites for hydroxylation is 1. The van der Waals surface area contributed by atoms with Crippen LogP contribution in [0.5, 0.6) is 11.5 Å². The summed E-state index contributed by atoms with van der Waals surface area (Å²) in [4.78, 5) is 4.29. The van der Waals surface area contributed by atoms with Crippen molar-refractivity contribution in [2.45, 2.75) is 32.7 Å². The monoisotopic (exact) mass is 463 g/mol. The maximum Gasteiger partial charge on any atom is 0.573 e. The largest absolute Gasteiger partial charge is 0.573 e. The number of aliphatic hydroxyl groups is 1. The molecule has 1 atom stereocenters. The fourth-order valence-electron chi connectivity index (χ4n) is 4.13. The summed E-state index contributed by atoms with van der Waals surface area (Å²) >= 11 is 0. The number of nitrogens with zero attached hydrogens (tertiary/aromatic N) is 2. The van der Waals surface area contributed by atoms with Crippen LogP contribution in [0.1, 0.15) is 30.8 Å². The zero-order chi connectivity index (χ0) is 23.9. The fraction of sp³-hybridized carbons (Fsp3) is 0.391. The Bertz CT molecular complexity index is 1130. The number of halogens is 3. The van der Waals surface area contributed by atoms with Crippen molar-refractivity contribution in [2.75, 3.05) is 19.7 Å². The van der Waals surface area contributed by atoms with Crippen LogP contribution in [0.25, 0.3) is 11.5 Å². The highest BCUT2D eigenvalue weighted by atomic mass is 19.4. The lowest BCUT2D eigenvalue weighted by molar-refractivity contribution is -0.274. The van der Waals surface area contributed by atoms with Crippen molar-refractivity contribution in [3.8, 4) is 23.0 Å². The standard InChI is InChI=1S/C23H24F3N3O4/c1-4-31-19-10-7-16(11-18(19)20-28-14(2)29-33-20)22(30,21(3)12-27-13-21)15-5-8-17(9-6-15)32-23(24,25)26/h5-11,27,30H,4,12-13H2,1-3H3. The maximum atomic E-state index is 12.6. The first-order valence-corrected chi connectivity index (χ1v) is 10.4. The molecule has 1 saturated heterocycles. The second kappa shape index (κ2) is 8.35. The third-order valence-electron chi connectivity index (χ3n) is 5.86. The van der Waals surface area contributed by atoms with Crippen molar-refractivity contribution >= 4 is 0 Å². The molecule has 2 aromatic carbocycles. The minimum Gasteiger partial charge on any atom is -0.493 e. The van der Waals surface area contributed by atoms with Gasteiger partial charge in [-0.05, 0) is 49.2 Å². The average molecular weight is 463 g/mol. The molecule has 2 N–H and O–H groups in total. The van der Waals surface area contributed by atoms with Gasteiger partial charge in [0.05, 0.1) is 12.2 Å². The summed E-state index contributed by atoms with van der Waals surface area (Å²) in [5, 5.41) is 19.2. The number of aromatic nitrogens is 2. The Morgan fingerprint density at radius 3 is 2.30 bits per heavy atom. The first-order valence-electron chi connectivity index (χ1n) is 10.4. The third-order valence-corrected chi connectivity index (χ3v) is 5.86. The van der Waals surface area contributed by atoms with Crippen LogP contribution < -0.4 is 14.8 Å². The Morgan fingerprint density at radius 2 is 1.79 bits per heavy atom. The van der Waals surface area contributed by atoms with E-state index < -0.39 is 17.4 Å². The second-order valence-corrected chi connectivity index (χ2v) is 8.24. The molecule has 1 aromatic heterocycles. The number of hydrogen-bond donors (Lipinski definition) is 2. The van der Waals surface area contributed by atoms with Gasteiger partial charge in [0.2, 0.25) is 0 Å². The molecular weight excluding hydrogens is 439 g/mol. The van der Waals surface area contributed by atoms with Crippen LogP contribution in [0.2, 0.25) is 0 Å². The summed E-state index contributed by atoms with van der Waals surface area (Å²) in [5.74, 6) is 0.840. The summed E-state index contributed by atoms with van der Waals surface area (Å²) in [6, 6.07) is 10.5. The Balaban J connectivity index is 1.83. The number of alkyl halides is 3. The molecule has 2 heterocycles. The zero-order valence-corrected chi connectivity index (χ0v) is 18.4. The van der Waals surface area contributed by atoms with E-state index in [-0.39, 0.29) is 11.6 Å². The summed E-state index contributed by atoms with van der Waals surface area (Å²) in [6.45, 7) is 6.87. The zero-order valence-electron chi connectivity index (χ0n) is 18.4. The van der Waals surface area contributed by atoms with Crippen LogP contribution >= 0.6 is 0 Å². The van der Waals surface area contributed by atoms with Crippen molar-refractivity contribution < 1.29 is 32.3 Å². The van der Waals surface area contributed by atoms with E-state index in [1.807, 2.05) is 13.8 Å². The minimum atomic E-state index is -4.80. The predicted molar refractivity (Wildman–Crippen MR) is 113 cm³/mol. The van der Waals surface area contributed by atoms with Crippen molar-refractivity contribution in [1.82, 2.24) is 15.5 Å². The lowest BCUT2D eigenvalue weighted by atomic mass is 9.62. The van der Waals surface area contributed by atoms with Gasteiger partial charge in [0, 0.05) is 18.5 Å². The van der Waals surface area contributed by atoms with Crippen molar-refractivity contribution in [3.05, 3.63) is 59.4 Å². The number of ether oxygens (including phenoxy) is 2. The van der Waals surface area contributed by atoms with Crippen LogP contribution in [0.15, 0.2) is 47.0 Å². The van der Waals surface area contributed by atoms with Gasteiger partial charge in [0.15, 0.2) is 5.82 Å². The van der Waals surface area contributed by atoms with Crippen molar-refractivity contribution in [3.63, 3.8) is 0 Å². The summed E-state index contributed by atoms with van der Waals surface area (Å²) in [7, 11) is 0. The van der Waals surface area contributed by atoms with Crippen molar-refractivity contribution in [2.24, 2.45) is 5.41 Å². The maximum absolute atomic E-state index is 12.6. The van der Waals surface area contributed by atoms with Crippen LogP contribution in [0.4, 0.5) is 13.2 Å². The van der Waals surface area contributed by atoms with E-state index in [1.54, 1.807) is 25.1 Å². The van der Waals surface area contributed by atoms with Gasteiger partial charge in [-0.15, -0.1) is 13.2 Å². The number of nitrogens with one attached hydrogen (secondary N) is 1. The van der Waals surface area contributed by atoms with Crippen LogP contribution in [-0.4, -0.2) is 41.3 Å². The van der Waals surface area contributed by atoms with E-state index in [2.05, 4.69) is 20.2 Å². The highest BCUT2D eigenvalue weighted by molar-refractivity contribution is 5.65. The van der Waals surface area contributed by atoms with Gasteiger partial charge in [0.25, 0.3) is 5.89 Å². The van der Waals surface area contributed by atoms with Gasteiger partial charge in [-0.1, -0.05) is 30.3 Å². The highest BCUT2D eigenvalue weighted by Gasteiger charge is 2.53. The molecule has 0 bridgehead atoms. The molecule has 0 radical (unpaired) electrons. The lowest BCUT2D eigenvalue weighted by Crippen LogP contribution is -2.63. The summed E-state index contributed by atoms with van der Waals surface area (Å²) in [5.41, 5.74) is -0.706. The highest BCUT2D eigenvalue weighted by Crippen LogP contribution is 2.49. The van der Waals surface area contributed by atoms with E-state index in [0.29, 0.717) is 48.0 Å². The molecule has 33 heavy (non-hydrogen) atoms. The molecule has 0 aliphatic carbocycles. The molecule has 0 spiro atoms. The van der Waals surface area contributed by atoms with Crippen LogP contribution in [0.3, 0.4) is 0 Å². The van der Waals surface area contributed by atoms with Gasteiger partial charge in [-0.3, -0.25) is 0 Å². The molecular formula is C23H24F3N3O4. The molecule has 1 aliphatic heterocycles. The van der Waals surface area contributed by atoms with Gasteiger partial charge < -0.3 is 24.4 Å². The van der Waals surface area contributed by atoms with Crippen LogP contribution in [-0.2, 0) is 5.60 Å². The number of hydrogen-bond acceptors (Lipinski definition) is 7. The molecule has 1 aliphatic rings. The Labute approximate surface area is 188 Å². The SMILES string of the molecule is CCOc1ccc(C(O)(c2ccc(OC(F)(F)F)cc2)C2(C)CNC2)cc1-c1nc(C)no1. The summed E-state index contributed by atoms with van der Waals surface area (Å²) < 4.78 is 52.8. The van der Waals surface area contributed by atoms with Gasteiger partial charge >= 0.3 is 6.36 Å². The molecule has 3 aromatic rings. The Hall–Kier alpha value is -3.11. The Kier molecular flexibility index (Phi) is 5.83. The van der Waals surface area contributed by atoms with Gasteiger partial charge in [-0.25, -0.2) is 0 Å². The Morgan fingerprint density at radius 1 is 1.12 bits per heavy atom. The molecule has 176 valence electrons. The molecule has 0 amide bonds. The molecule has 4 rings (SSSR count). The fourth-order valence-corrected chi connectivity index (χ4v) is 4.13. The predicted octanol–water partition coefficient (Wildman–Crippen LogP) is 4.19. The van der Waals surface area contributed by atoms with Gasteiger partial charge in [0.1, 0.15) is 17.1 Å². The van der Waals surface area contributed by atoms with Crippen LogP contribution in [0, 0.1) is 12.3 Å². The topological polar surface area (TPSA) is 89.6 Å². The van der Waals surface area contributed by atoms with E-state index in [1.165, 1.54) is 24.3 Å². The minimum absolute atomic E-state index is 0.242. The molecule has 0 saturated carbocycles. The molecule has 1 fully saturated rings. The smallest absolute Gasteiger partial charge is 0.493 e.